The van der Waals surface area contributed by atoms with Crippen LogP contribution in [0.25, 0.3) is 0 Å². The fraction of sp³-hybridized carbons (Fsp3) is 0.591. The molecule has 0 spiro atoms. The van der Waals surface area contributed by atoms with E-state index in [4.69, 9.17) is 14.1 Å². The number of carbonyl (C=O) groups is 3. The van der Waals surface area contributed by atoms with Gasteiger partial charge in [0.15, 0.2) is 0 Å². The lowest BCUT2D eigenvalue weighted by Gasteiger charge is -2.28. The van der Waals surface area contributed by atoms with Crippen molar-refractivity contribution in [1.82, 2.24) is 0 Å². The third-order valence-corrected chi connectivity index (χ3v) is 5.48. The highest BCUT2D eigenvalue weighted by molar-refractivity contribution is 6.47. The van der Waals surface area contributed by atoms with Crippen LogP contribution < -0.4 is 4.65 Å². The van der Waals surface area contributed by atoms with Gasteiger partial charge in [0.1, 0.15) is 17.1 Å². The molecule has 0 radical (unpaired) electrons. The quantitative estimate of drug-likeness (QED) is 0.307. The minimum atomic E-state index is -2.93. The van der Waals surface area contributed by atoms with E-state index in [1.54, 1.807) is 12.1 Å². The lowest BCUT2D eigenvalue weighted by molar-refractivity contribution is -0.157. The van der Waals surface area contributed by atoms with Gasteiger partial charge in [-0.15, -0.1) is 0 Å². The number of halogens is 2. The molecule has 1 aliphatic rings. The molecule has 1 aromatic rings. The van der Waals surface area contributed by atoms with Crippen LogP contribution in [0.2, 0.25) is 5.82 Å². The van der Waals surface area contributed by atoms with Crippen molar-refractivity contribution in [3.63, 3.8) is 0 Å². The standard InChI is InChI=1S/C22H29BF2O7/c1-4-14(5-2)20(27)30-13-31-21(28)18-8-6-7-15-11-16(23(29)32-19(15)18)12-17(26)9-10-22(3,24)25/h6-8,14,16,29H,4-5,9-13H2,1-3H3/t16-/m1/s1. The lowest BCUT2D eigenvalue weighted by atomic mass is 9.64. The van der Waals surface area contributed by atoms with Gasteiger partial charge in [-0.3, -0.25) is 9.59 Å². The third-order valence-electron chi connectivity index (χ3n) is 5.48. The van der Waals surface area contributed by atoms with Crippen LogP contribution in [0.1, 0.15) is 68.8 Å². The molecule has 0 aliphatic carbocycles. The second kappa shape index (κ2) is 11.4. The number of benzene rings is 1. The maximum atomic E-state index is 13.0. The summed E-state index contributed by atoms with van der Waals surface area (Å²) in [6.07, 6.45) is 0.510. The first kappa shape index (κ1) is 25.8. The maximum Gasteiger partial charge on any atom is 0.526 e. The van der Waals surface area contributed by atoms with Gasteiger partial charge in [0.05, 0.1) is 5.92 Å². The number of hydrogen-bond acceptors (Lipinski definition) is 7. The Bertz CT molecular complexity index is 821. The lowest BCUT2D eigenvalue weighted by Crippen LogP contribution is -2.36. The van der Waals surface area contributed by atoms with Crippen LogP contribution in [-0.4, -0.2) is 42.6 Å². The minimum absolute atomic E-state index is 0.0514. The number of ketones is 1. The molecule has 0 unspecified atom stereocenters. The van der Waals surface area contributed by atoms with Gasteiger partial charge in [0, 0.05) is 25.1 Å². The highest BCUT2D eigenvalue weighted by atomic mass is 19.3. The molecule has 32 heavy (non-hydrogen) atoms. The van der Waals surface area contributed by atoms with E-state index in [9.17, 15) is 28.2 Å². The molecule has 0 fully saturated rings. The molecule has 1 N–H and O–H groups in total. The molecule has 0 saturated carbocycles. The minimum Gasteiger partial charge on any atom is -0.535 e. The summed E-state index contributed by atoms with van der Waals surface area (Å²) < 4.78 is 41.4. The first-order valence-corrected chi connectivity index (χ1v) is 10.8. The van der Waals surface area contributed by atoms with E-state index < -0.39 is 49.8 Å². The van der Waals surface area contributed by atoms with Gasteiger partial charge in [-0.25, -0.2) is 13.6 Å². The summed E-state index contributed by atoms with van der Waals surface area (Å²) in [6.45, 7) is 3.93. The zero-order valence-corrected chi connectivity index (χ0v) is 18.6. The van der Waals surface area contributed by atoms with Crippen molar-refractivity contribution in [2.24, 2.45) is 5.92 Å². The fourth-order valence-electron chi connectivity index (χ4n) is 3.53. The molecule has 2 rings (SSSR count). The highest BCUT2D eigenvalue weighted by Crippen LogP contribution is 2.37. The van der Waals surface area contributed by atoms with Crippen molar-refractivity contribution in [2.75, 3.05) is 6.79 Å². The van der Waals surface area contributed by atoms with E-state index in [0.717, 1.165) is 6.92 Å². The Morgan fingerprint density at radius 1 is 1.25 bits per heavy atom. The van der Waals surface area contributed by atoms with E-state index in [1.165, 1.54) is 6.07 Å². The van der Waals surface area contributed by atoms with Crippen molar-refractivity contribution in [2.45, 2.75) is 71.0 Å². The summed E-state index contributed by atoms with van der Waals surface area (Å²) in [5.74, 6) is -5.31. The molecule has 0 amide bonds. The Balaban J connectivity index is 1.98. The Morgan fingerprint density at radius 3 is 2.56 bits per heavy atom. The number of Topliss-reactive ketones (excluding diaryl/α,β-unsaturated/α-hetero) is 1. The van der Waals surface area contributed by atoms with Gasteiger partial charge in [-0.1, -0.05) is 26.0 Å². The van der Waals surface area contributed by atoms with Crippen molar-refractivity contribution < 1.29 is 42.3 Å². The van der Waals surface area contributed by atoms with Crippen LogP contribution >= 0.6 is 0 Å². The molecule has 1 aromatic carbocycles. The largest absolute Gasteiger partial charge is 0.535 e. The summed E-state index contributed by atoms with van der Waals surface area (Å²) in [5, 5.41) is 10.3. The molecule has 10 heteroatoms. The number of rotatable bonds is 11. The second-order valence-corrected chi connectivity index (χ2v) is 8.11. The molecule has 176 valence electrons. The predicted octanol–water partition coefficient (Wildman–Crippen LogP) is 3.96. The molecule has 0 bridgehead atoms. The maximum absolute atomic E-state index is 13.0. The van der Waals surface area contributed by atoms with E-state index in [-0.39, 0.29) is 36.5 Å². The predicted molar refractivity (Wildman–Crippen MR) is 112 cm³/mol. The number of ether oxygens (including phenoxy) is 2. The van der Waals surface area contributed by atoms with E-state index in [1.807, 2.05) is 13.8 Å². The van der Waals surface area contributed by atoms with E-state index in [0.29, 0.717) is 18.4 Å². The number of para-hydroxylation sites is 1. The highest BCUT2D eigenvalue weighted by Gasteiger charge is 2.38. The van der Waals surface area contributed by atoms with Gasteiger partial charge in [0.25, 0.3) is 0 Å². The number of alkyl halides is 2. The number of hydrogen-bond donors (Lipinski definition) is 1. The van der Waals surface area contributed by atoms with Crippen molar-refractivity contribution in [3.8, 4) is 5.75 Å². The molecule has 1 atom stereocenters. The molecule has 1 heterocycles. The van der Waals surface area contributed by atoms with Gasteiger partial charge < -0.3 is 19.2 Å². The average molecular weight is 454 g/mol. The molecule has 0 aromatic heterocycles. The molecule has 7 nitrogen and oxygen atoms in total. The van der Waals surface area contributed by atoms with E-state index >= 15 is 0 Å². The van der Waals surface area contributed by atoms with E-state index in [2.05, 4.69) is 0 Å². The first-order valence-electron chi connectivity index (χ1n) is 10.8. The van der Waals surface area contributed by atoms with Crippen LogP contribution in [0.15, 0.2) is 18.2 Å². The SMILES string of the molecule is CCC(CC)C(=O)OCOC(=O)c1cccc2c1OB(O)[C@@H](CC(=O)CCC(C)(F)F)C2. The number of fused-ring (bicyclic) bond motifs is 1. The van der Waals surface area contributed by atoms with Crippen molar-refractivity contribution in [1.29, 1.82) is 0 Å². The molecule has 1 aliphatic heterocycles. The first-order chi connectivity index (χ1) is 15.1. The van der Waals surface area contributed by atoms with Crippen LogP contribution in [-0.2, 0) is 25.5 Å². The zero-order chi connectivity index (χ0) is 23.9. The molecular formula is C22H29BF2O7. The van der Waals surface area contributed by atoms with Gasteiger partial charge in [-0.05, 0) is 37.8 Å². The molecule has 0 saturated heterocycles. The summed E-state index contributed by atoms with van der Waals surface area (Å²) in [4.78, 5) is 36.4. The fourth-order valence-corrected chi connectivity index (χ4v) is 3.53. The summed E-state index contributed by atoms with van der Waals surface area (Å²) in [5.41, 5.74) is 0.632. The normalized spacial score (nSPS) is 15.7. The Hall–Kier alpha value is -2.49. The summed E-state index contributed by atoms with van der Waals surface area (Å²) >= 11 is 0. The molecular weight excluding hydrogens is 425 g/mol. The van der Waals surface area contributed by atoms with Gasteiger partial charge in [0.2, 0.25) is 12.7 Å². The van der Waals surface area contributed by atoms with Gasteiger partial charge in [-0.2, -0.15) is 0 Å². The zero-order valence-electron chi connectivity index (χ0n) is 18.6. The third kappa shape index (κ3) is 7.29. The van der Waals surface area contributed by atoms with Crippen LogP contribution in [0, 0.1) is 5.92 Å². The van der Waals surface area contributed by atoms with Crippen LogP contribution in [0.5, 0.6) is 5.75 Å². The monoisotopic (exact) mass is 454 g/mol. The smallest absolute Gasteiger partial charge is 0.526 e. The van der Waals surface area contributed by atoms with Gasteiger partial charge >= 0.3 is 19.1 Å². The Kier molecular flexibility index (Phi) is 9.18. The second-order valence-electron chi connectivity index (χ2n) is 8.11. The topological polar surface area (TPSA) is 99.1 Å². The van der Waals surface area contributed by atoms with Crippen LogP contribution in [0.4, 0.5) is 8.78 Å². The average Bonchev–Trinajstić information content (AvgIpc) is 2.72. The summed E-state index contributed by atoms with van der Waals surface area (Å²) in [6, 6.07) is 4.73. The summed E-state index contributed by atoms with van der Waals surface area (Å²) in [7, 11) is -1.38. The van der Waals surface area contributed by atoms with Crippen molar-refractivity contribution >= 4 is 24.8 Å². The van der Waals surface area contributed by atoms with Crippen LogP contribution in [0.3, 0.4) is 0 Å². The Labute approximate surface area is 186 Å². The van der Waals surface area contributed by atoms with Crippen molar-refractivity contribution in [3.05, 3.63) is 29.3 Å². The Morgan fingerprint density at radius 2 is 1.94 bits per heavy atom. The number of carbonyl (C=O) groups excluding carboxylic acids is 3. The number of esters is 2.